The quantitative estimate of drug-likeness (QED) is 0.805. The van der Waals surface area contributed by atoms with Crippen LogP contribution >= 0.6 is 11.6 Å². The molecule has 1 heterocycles. The van der Waals surface area contributed by atoms with Crippen LogP contribution in [-0.2, 0) is 6.54 Å². The van der Waals surface area contributed by atoms with Gasteiger partial charge in [0.25, 0.3) is 11.5 Å². The van der Waals surface area contributed by atoms with Crippen molar-refractivity contribution in [2.75, 3.05) is 12.4 Å². The predicted molar refractivity (Wildman–Crippen MR) is 93.4 cm³/mol. The average molecular weight is 334 g/mol. The fraction of sp³-hybridized carbons (Fsp3) is 0.294. The minimum Gasteiger partial charge on any atom is -0.388 e. The summed E-state index contributed by atoms with van der Waals surface area (Å²) in [5.41, 5.74) is 4.12. The van der Waals surface area contributed by atoms with Crippen molar-refractivity contribution < 1.29 is 4.79 Å². The number of aromatic amines is 1. The molecule has 0 unspecified atom stereocenters. The Labute approximate surface area is 140 Å². The van der Waals surface area contributed by atoms with Crippen LogP contribution < -0.4 is 16.2 Å². The number of nitrogens with one attached hydrogen (secondary N) is 3. The summed E-state index contributed by atoms with van der Waals surface area (Å²) in [6.45, 7) is 5.70. The Balaban J connectivity index is 2.24. The molecule has 5 nitrogen and oxygen atoms in total. The van der Waals surface area contributed by atoms with Gasteiger partial charge in [0.05, 0.1) is 0 Å². The maximum absolute atomic E-state index is 12.4. The number of H-pyrrole nitrogens is 1. The Morgan fingerprint density at radius 2 is 1.91 bits per heavy atom. The largest absolute Gasteiger partial charge is 0.388 e. The highest BCUT2D eigenvalue weighted by atomic mass is 35.5. The molecular weight excluding hydrogens is 314 g/mol. The maximum Gasteiger partial charge on any atom is 0.253 e. The molecular formula is C17H20ClN3O2. The van der Waals surface area contributed by atoms with Crippen molar-refractivity contribution in [3.8, 4) is 0 Å². The second-order valence-corrected chi connectivity index (χ2v) is 5.94. The van der Waals surface area contributed by atoms with Crippen LogP contribution in [0.4, 0.5) is 5.69 Å². The third-order valence-corrected chi connectivity index (χ3v) is 4.02. The summed E-state index contributed by atoms with van der Waals surface area (Å²) in [4.78, 5) is 27.2. The third-order valence-electron chi connectivity index (χ3n) is 3.81. The Hall–Kier alpha value is -2.27. The number of pyridine rings is 1. The second-order valence-electron chi connectivity index (χ2n) is 5.50. The maximum atomic E-state index is 12.4. The number of halogens is 1. The van der Waals surface area contributed by atoms with E-state index in [1.54, 1.807) is 19.2 Å². The second kappa shape index (κ2) is 6.87. The van der Waals surface area contributed by atoms with Crippen LogP contribution in [0.5, 0.6) is 0 Å². The predicted octanol–water partition coefficient (Wildman–Crippen LogP) is 2.93. The summed E-state index contributed by atoms with van der Waals surface area (Å²) in [6.07, 6.45) is 0. The van der Waals surface area contributed by atoms with Gasteiger partial charge in [0.1, 0.15) is 0 Å². The molecule has 0 atom stereocenters. The molecule has 0 saturated carbocycles. The van der Waals surface area contributed by atoms with Crippen LogP contribution in [0.2, 0.25) is 5.02 Å². The zero-order valence-electron chi connectivity index (χ0n) is 13.6. The van der Waals surface area contributed by atoms with Crippen LogP contribution in [0.25, 0.3) is 0 Å². The summed E-state index contributed by atoms with van der Waals surface area (Å²) in [5, 5.41) is 6.28. The van der Waals surface area contributed by atoms with E-state index in [1.807, 2.05) is 26.8 Å². The van der Waals surface area contributed by atoms with E-state index in [0.29, 0.717) is 16.1 Å². The zero-order chi connectivity index (χ0) is 17.1. The van der Waals surface area contributed by atoms with Gasteiger partial charge in [-0.3, -0.25) is 9.59 Å². The van der Waals surface area contributed by atoms with Crippen LogP contribution in [0, 0.1) is 20.8 Å². The molecule has 2 aromatic rings. The topological polar surface area (TPSA) is 74.0 Å². The third kappa shape index (κ3) is 3.74. The first-order valence-electron chi connectivity index (χ1n) is 7.29. The highest BCUT2D eigenvalue weighted by Gasteiger charge is 2.14. The molecule has 1 aromatic carbocycles. The normalized spacial score (nSPS) is 10.5. The van der Waals surface area contributed by atoms with Gasteiger partial charge >= 0.3 is 0 Å². The molecule has 2 rings (SSSR count). The molecule has 1 amide bonds. The first kappa shape index (κ1) is 17.1. The lowest BCUT2D eigenvalue weighted by Gasteiger charge is -2.13. The van der Waals surface area contributed by atoms with E-state index < -0.39 is 0 Å². The van der Waals surface area contributed by atoms with Gasteiger partial charge in [-0.1, -0.05) is 11.6 Å². The van der Waals surface area contributed by atoms with Crippen molar-refractivity contribution in [1.29, 1.82) is 0 Å². The van der Waals surface area contributed by atoms with Gasteiger partial charge < -0.3 is 15.6 Å². The summed E-state index contributed by atoms with van der Waals surface area (Å²) in [7, 11) is 1.77. The Kier molecular flexibility index (Phi) is 5.11. The number of aryl methyl sites for hydroxylation is 2. The molecule has 0 spiro atoms. The van der Waals surface area contributed by atoms with Gasteiger partial charge in [-0.15, -0.1) is 0 Å². The lowest BCUT2D eigenvalue weighted by Crippen LogP contribution is -2.28. The average Bonchev–Trinajstić information content (AvgIpc) is 2.47. The fourth-order valence-corrected chi connectivity index (χ4v) is 2.76. The van der Waals surface area contributed by atoms with Gasteiger partial charge in [0.2, 0.25) is 0 Å². The SMILES string of the molecule is CNc1cc(Cl)cc(C(=O)NCc2c(C)cc(C)[nH]c2=O)c1C. The molecule has 1 aromatic heterocycles. The standard InChI is InChI=1S/C17H20ClN3O2/c1-9-5-10(2)21-17(23)14(9)8-20-16(22)13-6-12(18)7-15(19-4)11(13)3/h5-7,19H,8H2,1-4H3,(H,20,22)(H,21,23). The van der Waals surface area contributed by atoms with E-state index in [1.165, 1.54) is 0 Å². The molecule has 122 valence electrons. The number of hydrogen-bond donors (Lipinski definition) is 3. The summed E-state index contributed by atoms with van der Waals surface area (Å²) >= 11 is 6.05. The van der Waals surface area contributed by atoms with Crippen molar-refractivity contribution in [1.82, 2.24) is 10.3 Å². The minimum atomic E-state index is -0.263. The summed E-state index contributed by atoms with van der Waals surface area (Å²) in [6, 6.07) is 5.27. The molecule has 0 aliphatic carbocycles. The van der Waals surface area contributed by atoms with E-state index in [-0.39, 0.29) is 18.0 Å². The number of carbonyl (C=O) groups excluding carboxylic acids is 1. The summed E-state index contributed by atoms with van der Waals surface area (Å²) in [5.74, 6) is -0.263. The van der Waals surface area contributed by atoms with Crippen molar-refractivity contribution >= 4 is 23.2 Å². The number of aromatic nitrogens is 1. The fourth-order valence-electron chi connectivity index (χ4n) is 2.54. The highest BCUT2D eigenvalue weighted by molar-refractivity contribution is 6.31. The van der Waals surface area contributed by atoms with Crippen molar-refractivity contribution in [2.24, 2.45) is 0 Å². The number of rotatable bonds is 4. The lowest BCUT2D eigenvalue weighted by atomic mass is 10.1. The molecule has 0 bridgehead atoms. The van der Waals surface area contributed by atoms with Gasteiger partial charge in [0.15, 0.2) is 0 Å². The summed E-state index contributed by atoms with van der Waals surface area (Å²) < 4.78 is 0. The van der Waals surface area contributed by atoms with Crippen molar-refractivity contribution in [2.45, 2.75) is 27.3 Å². The Morgan fingerprint density at radius 1 is 1.22 bits per heavy atom. The van der Waals surface area contributed by atoms with E-state index in [0.717, 1.165) is 22.5 Å². The molecule has 0 aliphatic rings. The molecule has 0 saturated heterocycles. The van der Waals surface area contributed by atoms with Crippen molar-refractivity contribution in [3.63, 3.8) is 0 Å². The van der Waals surface area contributed by atoms with Crippen LogP contribution in [0.1, 0.15) is 32.7 Å². The number of benzene rings is 1. The minimum absolute atomic E-state index is 0.168. The van der Waals surface area contributed by atoms with Crippen LogP contribution in [-0.4, -0.2) is 17.9 Å². The number of carbonyl (C=O) groups is 1. The number of amides is 1. The first-order chi connectivity index (χ1) is 10.8. The van der Waals surface area contributed by atoms with E-state index >= 15 is 0 Å². The van der Waals surface area contributed by atoms with E-state index in [2.05, 4.69) is 15.6 Å². The Bertz CT molecular complexity index is 812. The zero-order valence-corrected chi connectivity index (χ0v) is 14.4. The molecule has 3 N–H and O–H groups in total. The van der Waals surface area contributed by atoms with Crippen LogP contribution in [0.15, 0.2) is 23.0 Å². The number of anilines is 1. The number of hydrogen-bond acceptors (Lipinski definition) is 3. The Morgan fingerprint density at radius 3 is 2.52 bits per heavy atom. The monoisotopic (exact) mass is 333 g/mol. The van der Waals surface area contributed by atoms with Crippen LogP contribution in [0.3, 0.4) is 0 Å². The molecule has 0 radical (unpaired) electrons. The molecule has 23 heavy (non-hydrogen) atoms. The van der Waals surface area contributed by atoms with Gasteiger partial charge in [-0.2, -0.15) is 0 Å². The highest BCUT2D eigenvalue weighted by Crippen LogP contribution is 2.24. The van der Waals surface area contributed by atoms with Gasteiger partial charge in [0, 0.05) is 41.1 Å². The van der Waals surface area contributed by atoms with E-state index in [4.69, 9.17) is 11.6 Å². The first-order valence-corrected chi connectivity index (χ1v) is 7.66. The van der Waals surface area contributed by atoms with Crippen molar-refractivity contribution in [3.05, 3.63) is 61.5 Å². The molecule has 0 fully saturated rings. The van der Waals surface area contributed by atoms with Gasteiger partial charge in [-0.05, 0) is 50.1 Å². The molecule has 6 heteroatoms. The van der Waals surface area contributed by atoms with E-state index in [9.17, 15) is 9.59 Å². The lowest BCUT2D eigenvalue weighted by molar-refractivity contribution is 0.0950. The van der Waals surface area contributed by atoms with Gasteiger partial charge in [-0.25, -0.2) is 0 Å². The smallest absolute Gasteiger partial charge is 0.253 e. The molecule has 0 aliphatic heterocycles.